The molecule has 0 saturated carbocycles. The molecule has 0 atom stereocenters. The minimum Gasteiger partial charge on any atom is -0.370 e. The Labute approximate surface area is 156 Å². The van der Waals surface area contributed by atoms with Crippen molar-refractivity contribution in [2.45, 2.75) is 26.8 Å². The fraction of sp³-hybridized carbons (Fsp3) is 0.684. The van der Waals surface area contributed by atoms with Gasteiger partial charge in [-0.2, -0.15) is 0 Å². The van der Waals surface area contributed by atoms with Crippen LogP contribution in [-0.2, 0) is 11.3 Å². The van der Waals surface area contributed by atoms with Gasteiger partial charge in [0.05, 0.1) is 52.3 Å². The highest BCUT2D eigenvalue weighted by Crippen LogP contribution is 2.28. The molecule has 1 saturated heterocycles. The average molecular weight is 363 g/mol. The molecule has 26 heavy (non-hydrogen) atoms. The second kappa shape index (κ2) is 8.79. The molecule has 1 fully saturated rings. The zero-order chi connectivity index (χ0) is 18.5. The molecule has 1 aliphatic rings. The summed E-state index contributed by atoms with van der Waals surface area (Å²) in [5.41, 5.74) is 3.65. The number of fused-ring (bicyclic) bond motifs is 1. The zero-order valence-electron chi connectivity index (χ0n) is 16.7. The lowest BCUT2D eigenvalue weighted by Gasteiger charge is -2.23. The first kappa shape index (κ1) is 19.1. The highest BCUT2D eigenvalue weighted by Gasteiger charge is 2.17. The Hall–Kier alpha value is -1.70. The molecule has 2 aromatic heterocycles. The number of aromatic nitrogens is 3. The van der Waals surface area contributed by atoms with Gasteiger partial charge in [0.2, 0.25) is 0 Å². The summed E-state index contributed by atoms with van der Waals surface area (Å²) in [5, 5.41) is 4.74. The summed E-state index contributed by atoms with van der Waals surface area (Å²) in [6.45, 7) is 12.5. The molecule has 0 radical (unpaired) electrons. The van der Waals surface area contributed by atoms with Gasteiger partial charge in [-0.1, -0.05) is 0 Å². The van der Waals surface area contributed by atoms with Crippen LogP contribution in [0.1, 0.15) is 17.7 Å². The molecule has 7 heteroatoms. The Morgan fingerprint density at radius 1 is 1.23 bits per heavy atom. The molecule has 0 aromatic carbocycles. The molecule has 7 nitrogen and oxygen atoms in total. The molecular weight excluding hydrogens is 328 g/mol. The van der Waals surface area contributed by atoms with Crippen LogP contribution in [0.3, 0.4) is 0 Å². The molecule has 3 heterocycles. The number of ether oxygens (including phenoxy) is 1. The van der Waals surface area contributed by atoms with Crippen molar-refractivity contribution in [3.8, 4) is 0 Å². The van der Waals surface area contributed by atoms with Crippen LogP contribution in [0.15, 0.2) is 6.33 Å². The molecule has 0 bridgehead atoms. The molecule has 0 amide bonds. The largest absolute Gasteiger partial charge is 0.370 e. The molecule has 0 unspecified atom stereocenters. The van der Waals surface area contributed by atoms with E-state index in [0.29, 0.717) is 0 Å². The summed E-state index contributed by atoms with van der Waals surface area (Å²) >= 11 is 0. The van der Waals surface area contributed by atoms with Gasteiger partial charge in [0.1, 0.15) is 30.9 Å². The normalized spacial score (nSPS) is 15.9. The first-order valence-electron chi connectivity index (χ1n) is 9.82. The Balaban J connectivity index is 1.72. The molecule has 3 N–H and O–H groups in total. The van der Waals surface area contributed by atoms with Gasteiger partial charge in [-0.3, -0.25) is 0 Å². The lowest BCUT2D eigenvalue weighted by atomic mass is 10.2. The predicted octanol–water partition coefficient (Wildman–Crippen LogP) is -1.09. The maximum Gasteiger partial charge on any atom is 0.145 e. The van der Waals surface area contributed by atoms with E-state index in [1.165, 1.54) is 21.5 Å². The number of hydrogen-bond acceptors (Lipinski definition) is 4. The van der Waals surface area contributed by atoms with Crippen molar-refractivity contribution in [1.82, 2.24) is 14.5 Å². The minimum absolute atomic E-state index is 0.878. The van der Waals surface area contributed by atoms with Gasteiger partial charge >= 0.3 is 0 Å². The number of nitrogens with one attached hydrogen (secondary N) is 3. The zero-order valence-corrected chi connectivity index (χ0v) is 16.7. The van der Waals surface area contributed by atoms with E-state index < -0.39 is 0 Å². The van der Waals surface area contributed by atoms with Gasteiger partial charge in [0, 0.05) is 18.7 Å². The second-order valence-electron chi connectivity index (χ2n) is 7.63. The van der Waals surface area contributed by atoms with E-state index in [2.05, 4.69) is 47.8 Å². The Morgan fingerprint density at radius 2 is 2.00 bits per heavy atom. The molecule has 3 rings (SSSR count). The SMILES string of the molecule is Cc1c(C)n(CCC[NH+](C)C)c2ncnc(NCC[NH+]3CCOCC3)c12. The fourth-order valence-electron chi connectivity index (χ4n) is 3.73. The smallest absolute Gasteiger partial charge is 0.145 e. The molecule has 1 aliphatic heterocycles. The van der Waals surface area contributed by atoms with E-state index in [-0.39, 0.29) is 0 Å². The van der Waals surface area contributed by atoms with Crippen molar-refractivity contribution in [2.75, 3.05) is 65.3 Å². The number of nitrogens with zero attached hydrogens (tertiary/aromatic N) is 3. The number of hydrogen-bond donors (Lipinski definition) is 3. The molecule has 2 aromatic rings. The lowest BCUT2D eigenvalue weighted by Crippen LogP contribution is -3.14. The minimum atomic E-state index is 0.878. The van der Waals surface area contributed by atoms with E-state index >= 15 is 0 Å². The highest BCUT2D eigenvalue weighted by atomic mass is 16.5. The van der Waals surface area contributed by atoms with Gasteiger partial charge in [-0.15, -0.1) is 0 Å². The number of anilines is 1. The van der Waals surface area contributed by atoms with Crippen LogP contribution in [0.5, 0.6) is 0 Å². The summed E-state index contributed by atoms with van der Waals surface area (Å²) in [6.07, 6.45) is 2.85. The second-order valence-corrected chi connectivity index (χ2v) is 7.63. The maximum atomic E-state index is 5.43. The van der Waals surface area contributed by atoms with Crippen LogP contribution in [0, 0.1) is 13.8 Å². The molecule has 0 aliphatic carbocycles. The Bertz CT molecular complexity index is 720. The van der Waals surface area contributed by atoms with Crippen molar-refractivity contribution in [1.29, 1.82) is 0 Å². The van der Waals surface area contributed by atoms with Crippen molar-refractivity contribution < 1.29 is 14.5 Å². The van der Waals surface area contributed by atoms with E-state index in [4.69, 9.17) is 4.74 Å². The quantitative estimate of drug-likeness (QED) is 0.559. The average Bonchev–Trinajstić information content (AvgIpc) is 2.88. The van der Waals surface area contributed by atoms with Crippen molar-refractivity contribution >= 4 is 16.9 Å². The third kappa shape index (κ3) is 4.34. The van der Waals surface area contributed by atoms with Crippen LogP contribution in [-0.4, -0.2) is 74.6 Å². The summed E-state index contributed by atoms with van der Waals surface area (Å²) < 4.78 is 7.79. The van der Waals surface area contributed by atoms with Gasteiger partial charge in [0.15, 0.2) is 0 Å². The van der Waals surface area contributed by atoms with E-state index in [1.54, 1.807) is 11.2 Å². The van der Waals surface area contributed by atoms with Gasteiger partial charge in [-0.25, -0.2) is 9.97 Å². The summed E-state index contributed by atoms with van der Waals surface area (Å²) in [7, 11) is 4.40. The first-order chi connectivity index (χ1) is 12.6. The monoisotopic (exact) mass is 362 g/mol. The first-order valence-corrected chi connectivity index (χ1v) is 9.82. The Morgan fingerprint density at radius 3 is 2.73 bits per heavy atom. The van der Waals surface area contributed by atoms with Crippen molar-refractivity contribution in [3.05, 3.63) is 17.6 Å². The van der Waals surface area contributed by atoms with Crippen molar-refractivity contribution in [2.24, 2.45) is 0 Å². The van der Waals surface area contributed by atoms with Crippen LogP contribution in [0.25, 0.3) is 11.0 Å². The van der Waals surface area contributed by atoms with Crippen LogP contribution in [0.2, 0.25) is 0 Å². The summed E-state index contributed by atoms with van der Waals surface area (Å²) in [4.78, 5) is 12.2. The number of rotatable bonds is 8. The summed E-state index contributed by atoms with van der Waals surface area (Å²) in [5.74, 6) is 0.972. The van der Waals surface area contributed by atoms with Gasteiger partial charge in [0.25, 0.3) is 0 Å². The van der Waals surface area contributed by atoms with Crippen LogP contribution < -0.4 is 15.1 Å². The molecule has 0 spiro atoms. The van der Waals surface area contributed by atoms with E-state index in [9.17, 15) is 0 Å². The third-order valence-electron chi connectivity index (χ3n) is 5.43. The van der Waals surface area contributed by atoms with E-state index in [0.717, 1.165) is 70.4 Å². The number of morpholine rings is 1. The van der Waals surface area contributed by atoms with Gasteiger partial charge < -0.3 is 24.4 Å². The topological polar surface area (TPSA) is 60.9 Å². The molecular formula is C19H34N6O+2. The number of aryl methyl sites for hydroxylation is 2. The lowest BCUT2D eigenvalue weighted by molar-refractivity contribution is -0.906. The van der Waals surface area contributed by atoms with Crippen LogP contribution in [0.4, 0.5) is 5.82 Å². The summed E-state index contributed by atoms with van der Waals surface area (Å²) in [6, 6.07) is 0. The maximum absolute atomic E-state index is 5.43. The van der Waals surface area contributed by atoms with Crippen LogP contribution >= 0.6 is 0 Å². The fourth-order valence-corrected chi connectivity index (χ4v) is 3.73. The molecule has 144 valence electrons. The standard InChI is InChI=1S/C19H32N6O/c1-15-16(2)25(8-5-7-23(3)4)19-17(15)18(21-14-22-19)20-6-9-24-10-12-26-13-11-24/h14H,5-13H2,1-4H3,(H,20,21,22)/p+2. The van der Waals surface area contributed by atoms with Crippen molar-refractivity contribution in [3.63, 3.8) is 0 Å². The number of quaternary nitrogens is 2. The van der Waals surface area contributed by atoms with Gasteiger partial charge in [-0.05, 0) is 19.4 Å². The Kier molecular flexibility index (Phi) is 6.45. The van der Waals surface area contributed by atoms with E-state index in [1.807, 2.05) is 0 Å². The predicted molar refractivity (Wildman–Crippen MR) is 104 cm³/mol. The third-order valence-corrected chi connectivity index (χ3v) is 5.43. The highest BCUT2D eigenvalue weighted by molar-refractivity contribution is 5.91.